The van der Waals surface area contributed by atoms with Crippen molar-refractivity contribution in [3.8, 4) is 0 Å². The largest absolute Gasteiger partial charge is 0.394 e. The lowest BCUT2D eigenvalue weighted by atomic mass is 9.90. The smallest absolute Gasteiger partial charge is 0.212 e. The number of carbonyl (C=O) groups is 2. The second kappa shape index (κ2) is 5.35. The molecule has 1 aliphatic carbocycles. The molecule has 4 heteroatoms. The predicted molar refractivity (Wildman–Crippen MR) is 93.9 cm³/mol. The highest BCUT2D eigenvalue weighted by molar-refractivity contribution is 6.27. The van der Waals surface area contributed by atoms with Gasteiger partial charge in [-0.1, -0.05) is 60.7 Å². The number of allylic oxidation sites excluding steroid dienone is 2. The van der Waals surface area contributed by atoms with Crippen molar-refractivity contribution in [1.29, 1.82) is 0 Å². The van der Waals surface area contributed by atoms with Gasteiger partial charge in [-0.05, 0) is 11.5 Å². The van der Waals surface area contributed by atoms with Crippen LogP contribution in [0.3, 0.4) is 0 Å². The molecule has 0 amide bonds. The first kappa shape index (κ1) is 14.2. The van der Waals surface area contributed by atoms with Crippen LogP contribution in [0.15, 0.2) is 78.1 Å². The fourth-order valence-corrected chi connectivity index (χ4v) is 2.99. The van der Waals surface area contributed by atoms with E-state index in [1.54, 1.807) is 24.3 Å². The Morgan fingerprint density at radius 3 is 2.12 bits per heavy atom. The van der Waals surface area contributed by atoms with Crippen molar-refractivity contribution in [3.05, 3.63) is 89.3 Å². The summed E-state index contributed by atoms with van der Waals surface area (Å²) in [5.74, 6) is -0.594. The number of Topliss-reactive ketones (excluding diaryl/α,β-unsaturated/α-hetero) is 2. The fraction of sp³-hybridized carbons (Fsp3) is 0. The first-order chi connectivity index (χ1) is 11.7. The van der Waals surface area contributed by atoms with Gasteiger partial charge in [0.1, 0.15) is 11.4 Å². The van der Waals surface area contributed by atoms with Gasteiger partial charge in [0.15, 0.2) is 0 Å². The lowest BCUT2D eigenvalue weighted by molar-refractivity contribution is 0.0974. The average molecular weight is 314 g/mol. The zero-order chi connectivity index (χ0) is 16.7. The van der Waals surface area contributed by atoms with Gasteiger partial charge in [0, 0.05) is 22.2 Å². The second-order valence-corrected chi connectivity index (χ2v) is 5.64. The predicted octanol–water partition coefficient (Wildman–Crippen LogP) is 3.50. The molecule has 3 aromatic carbocycles. The summed E-state index contributed by atoms with van der Waals surface area (Å²) in [6, 6.07) is 20.3. The van der Waals surface area contributed by atoms with Crippen LogP contribution in [-0.2, 0) is 0 Å². The lowest BCUT2D eigenvalue weighted by Gasteiger charge is -2.20. The van der Waals surface area contributed by atoms with Gasteiger partial charge >= 0.3 is 0 Å². The number of hydrogen-bond acceptors (Lipinski definition) is 4. The summed E-state index contributed by atoms with van der Waals surface area (Å²) < 4.78 is 0. The van der Waals surface area contributed by atoms with Gasteiger partial charge in [-0.3, -0.25) is 9.59 Å². The Morgan fingerprint density at radius 1 is 0.708 bits per heavy atom. The Morgan fingerprint density at radius 2 is 1.33 bits per heavy atom. The van der Waals surface area contributed by atoms with Crippen molar-refractivity contribution in [1.82, 2.24) is 0 Å². The van der Waals surface area contributed by atoms with E-state index in [1.807, 2.05) is 42.5 Å². The van der Waals surface area contributed by atoms with E-state index in [0.29, 0.717) is 11.1 Å². The van der Waals surface area contributed by atoms with Crippen molar-refractivity contribution in [3.63, 3.8) is 0 Å². The molecule has 0 bridgehead atoms. The Balaban J connectivity index is 1.83. The maximum atomic E-state index is 12.8. The summed E-state index contributed by atoms with van der Waals surface area (Å²) >= 11 is 0. The topological polar surface area (TPSA) is 72.2 Å². The third-order valence-electron chi connectivity index (χ3n) is 4.21. The molecule has 0 unspecified atom stereocenters. The van der Waals surface area contributed by atoms with Crippen LogP contribution in [0.5, 0.6) is 0 Å². The molecule has 1 aliphatic rings. The average Bonchev–Trinajstić information content (AvgIpc) is 2.63. The number of benzene rings is 3. The fourth-order valence-electron chi connectivity index (χ4n) is 2.99. The number of nitrogens with one attached hydrogen (secondary N) is 1. The number of nitrogens with two attached hydrogens (primary N) is 1. The van der Waals surface area contributed by atoms with Gasteiger partial charge in [-0.25, -0.2) is 0 Å². The van der Waals surface area contributed by atoms with Crippen molar-refractivity contribution in [2.75, 3.05) is 5.32 Å². The normalized spacial score (nSPS) is 14.0. The molecule has 0 atom stereocenters. The Bertz CT molecular complexity index is 1030. The van der Waals surface area contributed by atoms with E-state index < -0.39 is 0 Å². The van der Waals surface area contributed by atoms with Gasteiger partial charge in [0.05, 0.1) is 0 Å². The minimum absolute atomic E-state index is 0.0494. The molecule has 0 spiro atoms. The van der Waals surface area contributed by atoms with E-state index in [0.717, 1.165) is 16.5 Å². The number of anilines is 1. The van der Waals surface area contributed by atoms with Crippen molar-refractivity contribution in [2.24, 2.45) is 5.73 Å². The molecule has 3 N–H and O–H groups in total. The highest BCUT2D eigenvalue weighted by Crippen LogP contribution is 2.28. The standard InChI is InChI=1S/C20H14N2O2/c21-17-18(20(24)15-10-4-3-9-14(15)19(17)23)22-16-11-5-7-12-6-1-2-8-13(12)16/h1-11,22H,21H2. The van der Waals surface area contributed by atoms with E-state index in [1.165, 1.54) is 0 Å². The van der Waals surface area contributed by atoms with Gasteiger partial charge in [0.2, 0.25) is 11.6 Å². The second-order valence-electron chi connectivity index (χ2n) is 5.64. The highest BCUT2D eigenvalue weighted by Gasteiger charge is 2.30. The summed E-state index contributed by atoms with van der Waals surface area (Å²) in [6.07, 6.45) is 0. The first-order valence-electron chi connectivity index (χ1n) is 7.60. The van der Waals surface area contributed by atoms with Gasteiger partial charge in [0.25, 0.3) is 0 Å². The molecule has 0 saturated heterocycles. The van der Waals surface area contributed by atoms with Crippen LogP contribution in [0.1, 0.15) is 20.7 Å². The van der Waals surface area contributed by atoms with Crippen molar-refractivity contribution < 1.29 is 9.59 Å². The minimum Gasteiger partial charge on any atom is -0.394 e. The van der Waals surface area contributed by atoms with Crippen LogP contribution in [0.4, 0.5) is 5.69 Å². The van der Waals surface area contributed by atoms with Crippen LogP contribution < -0.4 is 11.1 Å². The number of hydrogen-bond donors (Lipinski definition) is 2. The number of rotatable bonds is 2. The maximum Gasteiger partial charge on any atom is 0.212 e. The quantitative estimate of drug-likeness (QED) is 0.759. The molecule has 0 aliphatic heterocycles. The maximum absolute atomic E-state index is 12.8. The van der Waals surface area contributed by atoms with E-state index in [4.69, 9.17) is 5.73 Å². The van der Waals surface area contributed by atoms with E-state index in [2.05, 4.69) is 5.32 Å². The summed E-state index contributed by atoms with van der Waals surface area (Å²) in [6.45, 7) is 0. The Labute approximate surface area is 138 Å². The van der Waals surface area contributed by atoms with E-state index in [-0.39, 0.29) is 23.0 Å². The van der Waals surface area contributed by atoms with Crippen LogP contribution in [0.2, 0.25) is 0 Å². The molecule has 0 radical (unpaired) electrons. The van der Waals surface area contributed by atoms with Crippen LogP contribution in [0, 0.1) is 0 Å². The van der Waals surface area contributed by atoms with Crippen LogP contribution in [0.25, 0.3) is 10.8 Å². The number of ketones is 2. The van der Waals surface area contributed by atoms with Crippen LogP contribution >= 0.6 is 0 Å². The van der Waals surface area contributed by atoms with Crippen molar-refractivity contribution >= 4 is 28.0 Å². The molecule has 116 valence electrons. The van der Waals surface area contributed by atoms with Gasteiger partial charge in [-0.2, -0.15) is 0 Å². The number of fused-ring (bicyclic) bond motifs is 2. The monoisotopic (exact) mass is 314 g/mol. The van der Waals surface area contributed by atoms with Gasteiger partial charge < -0.3 is 11.1 Å². The van der Waals surface area contributed by atoms with E-state index >= 15 is 0 Å². The van der Waals surface area contributed by atoms with Gasteiger partial charge in [-0.15, -0.1) is 0 Å². The summed E-state index contributed by atoms with van der Waals surface area (Å²) in [7, 11) is 0. The SMILES string of the molecule is NC1=C(Nc2cccc3ccccc23)C(=O)c2ccccc2C1=O. The number of carbonyl (C=O) groups excluding carboxylic acids is 2. The zero-order valence-corrected chi connectivity index (χ0v) is 12.7. The Kier molecular flexibility index (Phi) is 3.17. The molecule has 24 heavy (non-hydrogen) atoms. The Hall–Kier alpha value is -3.40. The molecule has 0 fully saturated rings. The molecule has 4 nitrogen and oxygen atoms in total. The third kappa shape index (κ3) is 2.08. The summed E-state index contributed by atoms with van der Waals surface area (Å²) in [5, 5.41) is 5.08. The van der Waals surface area contributed by atoms with Crippen molar-refractivity contribution in [2.45, 2.75) is 0 Å². The third-order valence-corrected chi connectivity index (χ3v) is 4.21. The first-order valence-corrected chi connectivity index (χ1v) is 7.60. The molecular weight excluding hydrogens is 300 g/mol. The minimum atomic E-state index is -0.326. The lowest BCUT2D eigenvalue weighted by Crippen LogP contribution is -2.29. The molecule has 0 heterocycles. The van der Waals surface area contributed by atoms with Crippen LogP contribution in [-0.4, -0.2) is 11.6 Å². The summed E-state index contributed by atoms with van der Waals surface area (Å²) in [5.41, 5.74) is 7.52. The molecule has 4 rings (SSSR count). The highest BCUT2D eigenvalue weighted by atomic mass is 16.1. The zero-order valence-electron chi connectivity index (χ0n) is 12.7. The molecule has 0 aromatic heterocycles. The molecular formula is C20H14N2O2. The molecule has 3 aromatic rings. The summed E-state index contributed by atoms with van der Waals surface area (Å²) in [4.78, 5) is 25.2. The molecule has 0 saturated carbocycles. The van der Waals surface area contributed by atoms with E-state index in [9.17, 15) is 9.59 Å².